The standard InChI is InChI=1S/C22H28N2O/c1-7-13-18-17(11-5)21(25-22(18)23-12-6)19(14-8-2)20(15-9-3)24-16-10-4/h7-16H,1-6H3/b13-7-,14-8-,15-9-,16-10-,17-11-,21-19+,23-12-,24-20+. The van der Waals surface area contributed by atoms with Crippen molar-refractivity contribution in [1.29, 1.82) is 0 Å². The molecule has 0 amide bonds. The summed E-state index contributed by atoms with van der Waals surface area (Å²) in [7, 11) is 0. The molecule has 25 heavy (non-hydrogen) atoms. The summed E-state index contributed by atoms with van der Waals surface area (Å²) >= 11 is 0. The van der Waals surface area contributed by atoms with E-state index in [4.69, 9.17) is 4.42 Å². The molecule has 1 rings (SSSR count). The van der Waals surface area contributed by atoms with E-state index in [1.54, 1.807) is 12.4 Å². The SMILES string of the molecule is C\C=C/N=C(\C=C/C)C(/C=C\C)=c1/oc(/N=C\C)c(/C=C\C)/c1=C/C. The van der Waals surface area contributed by atoms with Crippen molar-refractivity contribution in [3.8, 4) is 0 Å². The van der Waals surface area contributed by atoms with Gasteiger partial charge in [-0.2, -0.15) is 0 Å². The van der Waals surface area contributed by atoms with Crippen LogP contribution in [0.2, 0.25) is 0 Å². The minimum atomic E-state index is 0.608. The van der Waals surface area contributed by atoms with Gasteiger partial charge >= 0.3 is 0 Å². The van der Waals surface area contributed by atoms with E-state index in [0.717, 1.165) is 27.5 Å². The average molecular weight is 336 g/mol. The highest BCUT2D eigenvalue weighted by molar-refractivity contribution is 6.27. The summed E-state index contributed by atoms with van der Waals surface area (Å²) in [6, 6.07) is 0. The second kappa shape index (κ2) is 11.0. The normalized spacial score (nSPS) is 15.9. The molecule has 1 aromatic heterocycles. The monoisotopic (exact) mass is 336 g/mol. The largest absolute Gasteiger partial charge is 0.437 e. The average Bonchev–Trinajstić information content (AvgIpc) is 2.94. The Hall–Kier alpha value is -2.68. The van der Waals surface area contributed by atoms with E-state index < -0.39 is 0 Å². The molecule has 0 atom stereocenters. The fourth-order valence-electron chi connectivity index (χ4n) is 2.43. The Morgan fingerprint density at radius 3 is 2.12 bits per heavy atom. The molecular formula is C22H28N2O. The van der Waals surface area contributed by atoms with Gasteiger partial charge < -0.3 is 4.42 Å². The molecule has 3 nitrogen and oxygen atoms in total. The van der Waals surface area contributed by atoms with Crippen LogP contribution in [0.25, 0.3) is 17.7 Å². The van der Waals surface area contributed by atoms with E-state index in [1.165, 1.54) is 0 Å². The van der Waals surface area contributed by atoms with Crippen LogP contribution in [0.3, 0.4) is 0 Å². The van der Waals surface area contributed by atoms with Crippen LogP contribution in [0, 0.1) is 0 Å². The molecular weight excluding hydrogens is 308 g/mol. The van der Waals surface area contributed by atoms with Gasteiger partial charge in [0, 0.05) is 28.8 Å². The van der Waals surface area contributed by atoms with Crippen molar-refractivity contribution in [1.82, 2.24) is 0 Å². The lowest BCUT2D eigenvalue weighted by Gasteiger charge is -2.00. The topological polar surface area (TPSA) is 37.9 Å². The first-order valence-electron chi connectivity index (χ1n) is 8.57. The molecule has 0 aliphatic carbocycles. The second-order valence-corrected chi connectivity index (χ2v) is 5.15. The Labute approximate surface area is 150 Å². The van der Waals surface area contributed by atoms with Crippen LogP contribution < -0.4 is 10.6 Å². The first-order chi connectivity index (χ1) is 12.2. The summed E-state index contributed by atoms with van der Waals surface area (Å²) in [5, 5.41) is 1.02. The van der Waals surface area contributed by atoms with Crippen LogP contribution in [-0.4, -0.2) is 11.9 Å². The van der Waals surface area contributed by atoms with E-state index in [-0.39, 0.29) is 0 Å². The zero-order valence-electron chi connectivity index (χ0n) is 16.1. The molecule has 0 bridgehead atoms. The van der Waals surface area contributed by atoms with Gasteiger partial charge in [0.1, 0.15) is 5.42 Å². The van der Waals surface area contributed by atoms with E-state index in [2.05, 4.69) is 16.1 Å². The van der Waals surface area contributed by atoms with Gasteiger partial charge in [-0.3, -0.25) is 4.99 Å². The van der Waals surface area contributed by atoms with Crippen molar-refractivity contribution >= 4 is 35.5 Å². The number of hydrogen-bond acceptors (Lipinski definition) is 3. The fraction of sp³-hybridized carbons (Fsp3) is 0.273. The lowest BCUT2D eigenvalue weighted by molar-refractivity contribution is 0.540. The minimum Gasteiger partial charge on any atom is -0.437 e. The molecule has 3 heteroatoms. The summed E-state index contributed by atoms with van der Waals surface area (Å²) in [5.41, 5.74) is 3.52. The van der Waals surface area contributed by atoms with E-state index in [9.17, 15) is 0 Å². The zero-order chi connectivity index (χ0) is 18.7. The van der Waals surface area contributed by atoms with E-state index >= 15 is 0 Å². The number of aliphatic imine (C=N–C) groups is 2. The Bertz CT molecular complexity index is 857. The first-order valence-corrected chi connectivity index (χ1v) is 8.57. The Balaban J connectivity index is 4.06. The number of nitrogens with zero attached hydrogens (tertiary/aromatic N) is 2. The van der Waals surface area contributed by atoms with Crippen LogP contribution in [0.4, 0.5) is 5.88 Å². The lowest BCUT2D eigenvalue weighted by Crippen LogP contribution is -2.26. The third-order valence-corrected chi connectivity index (χ3v) is 3.37. The van der Waals surface area contributed by atoms with E-state index in [0.29, 0.717) is 5.88 Å². The molecule has 0 aliphatic heterocycles. The number of hydrogen-bond donors (Lipinski definition) is 0. The van der Waals surface area contributed by atoms with Gasteiger partial charge in [-0.15, -0.1) is 0 Å². The molecule has 1 heterocycles. The summed E-state index contributed by atoms with van der Waals surface area (Å²) in [4.78, 5) is 8.96. The molecule has 0 N–H and O–H groups in total. The van der Waals surface area contributed by atoms with Crippen molar-refractivity contribution in [2.45, 2.75) is 41.5 Å². The summed E-state index contributed by atoms with van der Waals surface area (Å²) in [6.45, 7) is 11.8. The molecule has 0 unspecified atom stereocenters. The highest BCUT2D eigenvalue weighted by atomic mass is 16.3. The molecule has 0 saturated carbocycles. The molecule has 0 fully saturated rings. The molecule has 132 valence electrons. The Kier molecular flexibility index (Phi) is 8.94. The maximum atomic E-state index is 6.14. The minimum absolute atomic E-state index is 0.608. The van der Waals surface area contributed by atoms with Gasteiger partial charge in [0.05, 0.1) is 5.71 Å². The van der Waals surface area contributed by atoms with Crippen LogP contribution in [0.1, 0.15) is 47.1 Å². The molecule has 0 aromatic carbocycles. The molecule has 1 aromatic rings. The van der Waals surface area contributed by atoms with Crippen molar-refractivity contribution in [3.05, 3.63) is 58.9 Å². The van der Waals surface area contributed by atoms with Gasteiger partial charge in [-0.25, -0.2) is 4.99 Å². The number of rotatable bonds is 6. The van der Waals surface area contributed by atoms with Gasteiger partial charge in [-0.05, 0) is 47.6 Å². The van der Waals surface area contributed by atoms with Crippen molar-refractivity contribution < 1.29 is 4.42 Å². The van der Waals surface area contributed by atoms with Crippen LogP contribution in [-0.2, 0) is 0 Å². The van der Waals surface area contributed by atoms with Gasteiger partial charge in [0.25, 0.3) is 0 Å². The summed E-state index contributed by atoms with van der Waals surface area (Å²) < 4.78 is 6.14. The van der Waals surface area contributed by atoms with Crippen LogP contribution in [0.15, 0.2) is 57.1 Å². The molecule has 0 radical (unpaired) electrons. The molecule has 0 saturated heterocycles. The molecule has 0 aliphatic rings. The van der Waals surface area contributed by atoms with Crippen LogP contribution in [0.5, 0.6) is 0 Å². The fourth-order valence-corrected chi connectivity index (χ4v) is 2.43. The maximum Gasteiger partial charge on any atom is 0.226 e. The maximum absolute atomic E-state index is 6.14. The third-order valence-electron chi connectivity index (χ3n) is 3.37. The lowest BCUT2D eigenvalue weighted by atomic mass is 10.1. The van der Waals surface area contributed by atoms with Crippen molar-refractivity contribution in [2.75, 3.05) is 0 Å². The quantitative estimate of drug-likeness (QED) is 0.665. The van der Waals surface area contributed by atoms with Crippen LogP contribution >= 0.6 is 0 Å². The second-order valence-electron chi connectivity index (χ2n) is 5.15. The van der Waals surface area contributed by atoms with Gasteiger partial charge in [-0.1, -0.05) is 42.5 Å². The van der Waals surface area contributed by atoms with E-state index in [1.807, 2.05) is 84.1 Å². The zero-order valence-corrected chi connectivity index (χ0v) is 16.1. The number of allylic oxidation sites excluding steroid dienone is 6. The summed E-state index contributed by atoms with van der Waals surface area (Å²) in [5.74, 6) is 0.608. The Morgan fingerprint density at radius 1 is 0.880 bits per heavy atom. The molecule has 0 spiro atoms. The predicted molar refractivity (Wildman–Crippen MR) is 112 cm³/mol. The smallest absolute Gasteiger partial charge is 0.226 e. The Morgan fingerprint density at radius 2 is 1.60 bits per heavy atom. The highest BCUT2D eigenvalue weighted by Crippen LogP contribution is 2.16. The van der Waals surface area contributed by atoms with Gasteiger partial charge in [0.2, 0.25) is 5.88 Å². The first kappa shape index (κ1) is 20.4. The van der Waals surface area contributed by atoms with Crippen molar-refractivity contribution in [3.63, 3.8) is 0 Å². The summed E-state index contributed by atoms with van der Waals surface area (Å²) in [6.07, 6.45) is 19.5. The predicted octanol–water partition coefficient (Wildman–Crippen LogP) is 5.11. The highest BCUT2D eigenvalue weighted by Gasteiger charge is 2.12. The number of furan rings is 1. The third kappa shape index (κ3) is 5.15. The van der Waals surface area contributed by atoms with Gasteiger partial charge in [0.15, 0.2) is 0 Å². The van der Waals surface area contributed by atoms with Crippen molar-refractivity contribution in [2.24, 2.45) is 9.98 Å².